The number of nitrogens with zero attached hydrogens (tertiary/aromatic N) is 1. The van der Waals surface area contributed by atoms with Crippen molar-refractivity contribution >= 4 is 5.82 Å². The van der Waals surface area contributed by atoms with E-state index in [0.29, 0.717) is 11.6 Å². The van der Waals surface area contributed by atoms with Crippen molar-refractivity contribution in [1.82, 2.24) is 5.16 Å². The van der Waals surface area contributed by atoms with E-state index in [-0.39, 0.29) is 5.75 Å². The molecule has 14 heavy (non-hydrogen) atoms. The molecule has 0 saturated carbocycles. The molecule has 0 bridgehead atoms. The number of hydrogen-bond donors (Lipinski definition) is 2. The molecule has 0 atom stereocenters. The fourth-order valence-corrected chi connectivity index (χ4v) is 1.23. The van der Waals surface area contributed by atoms with Crippen molar-refractivity contribution in [2.24, 2.45) is 0 Å². The lowest BCUT2D eigenvalue weighted by Crippen LogP contribution is -1.80. The molecular formula is C10H10N2O2. The van der Waals surface area contributed by atoms with Gasteiger partial charge in [-0.3, -0.25) is 0 Å². The molecule has 72 valence electrons. The number of rotatable bonds is 1. The molecule has 1 aromatic heterocycles. The minimum absolute atomic E-state index is 0.265. The molecule has 0 radical (unpaired) electrons. The number of phenols is 1. The Morgan fingerprint density at radius 1 is 1.36 bits per heavy atom. The molecule has 0 spiro atoms. The molecule has 0 aliphatic rings. The third-order valence-corrected chi connectivity index (χ3v) is 2.01. The van der Waals surface area contributed by atoms with E-state index in [1.54, 1.807) is 18.2 Å². The van der Waals surface area contributed by atoms with E-state index in [4.69, 9.17) is 10.3 Å². The molecule has 0 amide bonds. The van der Waals surface area contributed by atoms with Crippen LogP contribution in [-0.4, -0.2) is 10.3 Å². The first-order chi connectivity index (χ1) is 6.66. The van der Waals surface area contributed by atoms with Gasteiger partial charge in [-0.1, -0.05) is 5.16 Å². The molecule has 3 N–H and O–H groups in total. The highest BCUT2D eigenvalue weighted by atomic mass is 16.5. The first-order valence-electron chi connectivity index (χ1n) is 4.19. The molecule has 0 fully saturated rings. The van der Waals surface area contributed by atoms with Crippen molar-refractivity contribution in [3.63, 3.8) is 0 Å². The van der Waals surface area contributed by atoms with Crippen LogP contribution in [0.1, 0.15) is 5.56 Å². The second-order valence-electron chi connectivity index (χ2n) is 3.12. The van der Waals surface area contributed by atoms with Crippen LogP contribution in [0.2, 0.25) is 0 Å². The van der Waals surface area contributed by atoms with E-state index in [2.05, 4.69) is 5.16 Å². The fraction of sp³-hybridized carbons (Fsp3) is 0.100. The molecule has 0 unspecified atom stereocenters. The highest BCUT2D eigenvalue weighted by Crippen LogP contribution is 2.26. The summed E-state index contributed by atoms with van der Waals surface area (Å²) in [5.74, 6) is 1.22. The van der Waals surface area contributed by atoms with Gasteiger partial charge in [-0.15, -0.1) is 0 Å². The second-order valence-corrected chi connectivity index (χ2v) is 3.12. The van der Waals surface area contributed by atoms with Crippen molar-refractivity contribution in [3.8, 4) is 17.1 Å². The molecule has 2 rings (SSSR count). The lowest BCUT2D eigenvalue weighted by molar-refractivity contribution is 0.435. The number of hydrogen-bond acceptors (Lipinski definition) is 4. The first kappa shape index (κ1) is 8.62. The van der Waals surface area contributed by atoms with Gasteiger partial charge in [-0.05, 0) is 30.7 Å². The molecule has 0 aliphatic carbocycles. The van der Waals surface area contributed by atoms with Crippen LogP contribution in [0.3, 0.4) is 0 Å². The van der Waals surface area contributed by atoms with Gasteiger partial charge in [-0.2, -0.15) is 0 Å². The van der Waals surface area contributed by atoms with Crippen LogP contribution in [0.4, 0.5) is 5.82 Å². The zero-order valence-electron chi connectivity index (χ0n) is 7.69. The Morgan fingerprint density at radius 2 is 2.14 bits per heavy atom. The number of anilines is 1. The second kappa shape index (κ2) is 3.06. The summed E-state index contributed by atoms with van der Waals surface area (Å²) in [5.41, 5.74) is 7.07. The number of nitrogens with two attached hydrogens (primary N) is 1. The Balaban J connectivity index is 2.47. The third-order valence-electron chi connectivity index (χ3n) is 2.01. The van der Waals surface area contributed by atoms with Crippen LogP contribution < -0.4 is 5.73 Å². The number of phenolic OH excluding ortho intramolecular Hbond substituents is 1. The minimum Gasteiger partial charge on any atom is -0.508 e. The Labute approximate surface area is 81.0 Å². The van der Waals surface area contributed by atoms with Crippen LogP contribution in [0.15, 0.2) is 28.8 Å². The number of benzene rings is 1. The fourth-order valence-electron chi connectivity index (χ4n) is 1.23. The Hall–Kier alpha value is -1.97. The highest BCUT2D eigenvalue weighted by molar-refractivity contribution is 5.62. The van der Waals surface area contributed by atoms with Crippen LogP contribution in [0, 0.1) is 6.92 Å². The summed E-state index contributed by atoms with van der Waals surface area (Å²) >= 11 is 0. The van der Waals surface area contributed by atoms with Crippen LogP contribution >= 0.6 is 0 Å². The Kier molecular flexibility index (Phi) is 1.89. The molecule has 1 aromatic carbocycles. The van der Waals surface area contributed by atoms with E-state index in [9.17, 15) is 5.11 Å². The normalized spacial score (nSPS) is 10.4. The van der Waals surface area contributed by atoms with Gasteiger partial charge in [0.05, 0.1) is 0 Å². The van der Waals surface area contributed by atoms with Gasteiger partial charge in [0.25, 0.3) is 0 Å². The van der Waals surface area contributed by atoms with E-state index in [1.165, 1.54) is 0 Å². The Morgan fingerprint density at radius 3 is 2.71 bits per heavy atom. The van der Waals surface area contributed by atoms with E-state index >= 15 is 0 Å². The average Bonchev–Trinajstić information content (AvgIpc) is 2.57. The number of aryl methyl sites for hydroxylation is 1. The number of nitrogen functional groups attached to an aromatic ring is 1. The summed E-state index contributed by atoms with van der Waals surface area (Å²) in [5, 5.41) is 12.9. The molecule has 2 aromatic rings. The molecular weight excluding hydrogens is 180 g/mol. The van der Waals surface area contributed by atoms with E-state index in [0.717, 1.165) is 11.1 Å². The zero-order valence-corrected chi connectivity index (χ0v) is 7.69. The van der Waals surface area contributed by atoms with Gasteiger partial charge in [0.15, 0.2) is 11.6 Å². The molecule has 0 saturated heterocycles. The highest BCUT2D eigenvalue weighted by Gasteiger charge is 2.05. The SMILES string of the molecule is Cc1cc(-c2cc(N)no2)ccc1O. The standard InChI is InChI=1S/C10H10N2O2/c1-6-4-7(2-3-8(6)13)9-5-10(11)12-14-9/h2-5,13H,1H3,(H2,11,12). The Bertz CT molecular complexity index is 463. The van der Waals surface area contributed by atoms with Crippen molar-refractivity contribution < 1.29 is 9.63 Å². The van der Waals surface area contributed by atoms with Gasteiger partial charge >= 0.3 is 0 Å². The maximum absolute atomic E-state index is 9.32. The van der Waals surface area contributed by atoms with Crippen molar-refractivity contribution in [1.29, 1.82) is 0 Å². The van der Waals surface area contributed by atoms with Gasteiger partial charge < -0.3 is 15.4 Å². The maximum Gasteiger partial charge on any atom is 0.169 e. The molecule has 1 heterocycles. The number of aromatic hydroxyl groups is 1. The lowest BCUT2D eigenvalue weighted by Gasteiger charge is -1.99. The lowest BCUT2D eigenvalue weighted by atomic mass is 10.1. The van der Waals surface area contributed by atoms with Gasteiger partial charge in [0, 0.05) is 11.6 Å². The van der Waals surface area contributed by atoms with E-state index < -0.39 is 0 Å². The van der Waals surface area contributed by atoms with E-state index in [1.807, 2.05) is 13.0 Å². The monoisotopic (exact) mass is 190 g/mol. The molecule has 4 nitrogen and oxygen atoms in total. The van der Waals surface area contributed by atoms with Gasteiger partial charge in [0.1, 0.15) is 5.75 Å². The summed E-state index contributed by atoms with van der Waals surface area (Å²) < 4.78 is 4.99. The average molecular weight is 190 g/mol. The summed E-state index contributed by atoms with van der Waals surface area (Å²) in [7, 11) is 0. The predicted octanol–water partition coefficient (Wildman–Crippen LogP) is 1.94. The van der Waals surface area contributed by atoms with Crippen molar-refractivity contribution in [3.05, 3.63) is 29.8 Å². The minimum atomic E-state index is 0.265. The van der Waals surface area contributed by atoms with Crippen LogP contribution in [0.5, 0.6) is 5.75 Å². The smallest absolute Gasteiger partial charge is 0.169 e. The zero-order chi connectivity index (χ0) is 10.1. The first-order valence-corrected chi connectivity index (χ1v) is 4.19. The van der Waals surface area contributed by atoms with Crippen molar-refractivity contribution in [2.45, 2.75) is 6.92 Å². The third kappa shape index (κ3) is 1.42. The summed E-state index contributed by atoms with van der Waals surface area (Å²) in [6.45, 7) is 1.82. The molecule has 4 heteroatoms. The number of aromatic nitrogens is 1. The topological polar surface area (TPSA) is 72.3 Å². The maximum atomic E-state index is 9.32. The van der Waals surface area contributed by atoms with Gasteiger partial charge in [0.2, 0.25) is 0 Å². The molecule has 0 aliphatic heterocycles. The largest absolute Gasteiger partial charge is 0.508 e. The summed E-state index contributed by atoms with van der Waals surface area (Å²) in [4.78, 5) is 0. The summed E-state index contributed by atoms with van der Waals surface area (Å²) in [6.07, 6.45) is 0. The quantitative estimate of drug-likeness (QED) is 0.720. The van der Waals surface area contributed by atoms with Gasteiger partial charge in [-0.25, -0.2) is 0 Å². The summed E-state index contributed by atoms with van der Waals surface area (Å²) in [6, 6.07) is 6.83. The van der Waals surface area contributed by atoms with Crippen LogP contribution in [-0.2, 0) is 0 Å². The van der Waals surface area contributed by atoms with Crippen molar-refractivity contribution in [2.75, 3.05) is 5.73 Å². The van der Waals surface area contributed by atoms with Crippen LogP contribution in [0.25, 0.3) is 11.3 Å². The predicted molar refractivity (Wildman–Crippen MR) is 52.8 cm³/mol.